The Balaban J connectivity index is 2.38. The number of para-hydroxylation sites is 1. The van der Waals surface area contributed by atoms with Gasteiger partial charge in [-0.15, -0.1) is 0 Å². The number of anilines is 1. The Morgan fingerprint density at radius 2 is 1.67 bits per heavy atom. The van der Waals surface area contributed by atoms with Crippen LogP contribution in [0.25, 0.3) is 0 Å². The number of nitrogens with one attached hydrogen (secondary N) is 3. The monoisotopic (exact) mass is 385 g/mol. The summed E-state index contributed by atoms with van der Waals surface area (Å²) in [6.07, 6.45) is -5.30. The van der Waals surface area contributed by atoms with Gasteiger partial charge in [-0.2, -0.15) is 18.6 Å². The lowest BCUT2D eigenvalue weighted by Gasteiger charge is -2.34. The molecular weight excluding hydrogens is 370 g/mol. The SMILES string of the molecule is COC(=O)[C@](NNc1ccccc1)(NC(=O)c1cccc(F)c1)C(F)(F)F. The largest absolute Gasteiger partial charge is 0.466 e. The summed E-state index contributed by atoms with van der Waals surface area (Å²) < 4.78 is 58.8. The highest BCUT2D eigenvalue weighted by Gasteiger charge is 2.63. The predicted octanol–water partition coefficient (Wildman–Crippen LogP) is 2.60. The van der Waals surface area contributed by atoms with Crippen molar-refractivity contribution in [2.45, 2.75) is 11.8 Å². The van der Waals surface area contributed by atoms with E-state index in [0.29, 0.717) is 0 Å². The number of carbonyl (C=O) groups is 2. The van der Waals surface area contributed by atoms with Crippen molar-refractivity contribution in [2.24, 2.45) is 0 Å². The van der Waals surface area contributed by atoms with Crippen LogP contribution in [-0.2, 0) is 9.53 Å². The second kappa shape index (κ2) is 8.04. The summed E-state index contributed by atoms with van der Waals surface area (Å²) in [7, 11) is 0.737. The van der Waals surface area contributed by atoms with Crippen LogP contribution in [0.3, 0.4) is 0 Å². The molecule has 2 aromatic rings. The van der Waals surface area contributed by atoms with E-state index in [-0.39, 0.29) is 5.69 Å². The first-order chi connectivity index (χ1) is 12.7. The number of hydrogen-bond acceptors (Lipinski definition) is 5. The third-order valence-corrected chi connectivity index (χ3v) is 3.47. The van der Waals surface area contributed by atoms with Crippen LogP contribution in [0.15, 0.2) is 54.6 Å². The van der Waals surface area contributed by atoms with Crippen LogP contribution in [-0.4, -0.2) is 30.8 Å². The summed E-state index contributed by atoms with van der Waals surface area (Å²) in [6.45, 7) is 0. The number of alkyl halides is 3. The Morgan fingerprint density at radius 1 is 1.00 bits per heavy atom. The van der Waals surface area contributed by atoms with Gasteiger partial charge in [-0.05, 0) is 30.3 Å². The first kappa shape index (κ1) is 20.2. The lowest BCUT2D eigenvalue weighted by molar-refractivity contribution is -0.215. The maximum absolute atomic E-state index is 13.8. The van der Waals surface area contributed by atoms with E-state index < -0.39 is 35.1 Å². The van der Waals surface area contributed by atoms with Crippen molar-refractivity contribution in [2.75, 3.05) is 12.5 Å². The Morgan fingerprint density at radius 3 is 2.22 bits per heavy atom. The zero-order valence-electron chi connectivity index (χ0n) is 13.9. The van der Waals surface area contributed by atoms with Gasteiger partial charge in [-0.1, -0.05) is 24.3 Å². The summed E-state index contributed by atoms with van der Waals surface area (Å²) >= 11 is 0. The van der Waals surface area contributed by atoms with Gasteiger partial charge in [0, 0.05) is 11.3 Å². The van der Waals surface area contributed by atoms with Crippen LogP contribution in [0.2, 0.25) is 0 Å². The molecule has 0 aliphatic heterocycles. The number of methoxy groups -OCH3 is 1. The minimum atomic E-state index is -5.30. The number of halogens is 4. The van der Waals surface area contributed by atoms with Crippen LogP contribution in [0.4, 0.5) is 23.2 Å². The molecule has 0 fully saturated rings. The van der Waals surface area contributed by atoms with Gasteiger partial charge in [0.1, 0.15) is 5.82 Å². The summed E-state index contributed by atoms with van der Waals surface area (Å²) in [4.78, 5) is 24.2. The van der Waals surface area contributed by atoms with Crippen molar-refractivity contribution in [3.05, 3.63) is 66.0 Å². The van der Waals surface area contributed by atoms with Gasteiger partial charge in [-0.25, -0.2) is 9.18 Å². The van der Waals surface area contributed by atoms with Gasteiger partial charge < -0.3 is 15.5 Å². The fourth-order valence-electron chi connectivity index (χ4n) is 2.10. The second-order valence-electron chi connectivity index (χ2n) is 5.32. The molecular formula is C17H15F4N3O3. The fourth-order valence-corrected chi connectivity index (χ4v) is 2.10. The molecule has 2 aromatic carbocycles. The maximum Gasteiger partial charge on any atom is 0.438 e. The predicted molar refractivity (Wildman–Crippen MR) is 87.9 cm³/mol. The Bertz CT molecular complexity index is 815. The highest BCUT2D eigenvalue weighted by molar-refractivity contribution is 5.98. The van der Waals surface area contributed by atoms with Gasteiger partial charge in [0.25, 0.3) is 5.91 Å². The lowest BCUT2D eigenvalue weighted by atomic mass is 10.1. The van der Waals surface area contributed by atoms with E-state index in [0.717, 1.165) is 31.4 Å². The Labute approximate surface area is 151 Å². The molecule has 10 heteroatoms. The van der Waals surface area contributed by atoms with Crippen LogP contribution in [0, 0.1) is 5.82 Å². The second-order valence-corrected chi connectivity index (χ2v) is 5.32. The van der Waals surface area contributed by atoms with Crippen LogP contribution < -0.4 is 16.2 Å². The molecule has 0 saturated heterocycles. The first-order valence-electron chi connectivity index (χ1n) is 7.51. The molecule has 1 amide bonds. The molecule has 0 spiro atoms. The molecule has 0 unspecified atom stereocenters. The zero-order valence-corrected chi connectivity index (χ0v) is 13.9. The number of hydrazine groups is 1. The summed E-state index contributed by atoms with van der Waals surface area (Å²) in [5.41, 5.74) is 0.154. The fraction of sp³-hybridized carbons (Fsp3) is 0.176. The number of carbonyl (C=O) groups excluding carboxylic acids is 2. The van der Waals surface area contributed by atoms with E-state index in [1.54, 1.807) is 28.9 Å². The smallest absolute Gasteiger partial charge is 0.438 e. The van der Waals surface area contributed by atoms with Crippen molar-refractivity contribution < 1.29 is 31.9 Å². The number of amides is 1. The summed E-state index contributed by atoms with van der Waals surface area (Å²) in [5.74, 6) is -3.98. The summed E-state index contributed by atoms with van der Waals surface area (Å²) in [6, 6.07) is 11.6. The molecule has 1 atom stereocenters. The summed E-state index contributed by atoms with van der Waals surface area (Å²) in [5, 5.41) is 1.56. The lowest BCUT2D eigenvalue weighted by Crippen LogP contribution is -2.73. The quantitative estimate of drug-likeness (QED) is 0.308. The highest BCUT2D eigenvalue weighted by atomic mass is 19.4. The third kappa shape index (κ3) is 4.53. The first-order valence-corrected chi connectivity index (χ1v) is 7.51. The van der Waals surface area contributed by atoms with Gasteiger partial charge in [0.15, 0.2) is 0 Å². The number of hydrogen-bond donors (Lipinski definition) is 3. The van der Waals surface area contributed by atoms with E-state index in [4.69, 9.17) is 0 Å². The molecule has 144 valence electrons. The topological polar surface area (TPSA) is 79.5 Å². The van der Waals surface area contributed by atoms with E-state index in [9.17, 15) is 27.2 Å². The van der Waals surface area contributed by atoms with E-state index in [2.05, 4.69) is 10.2 Å². The average molecular weight is 385 g/mol. The standard InChI is InChI=1S/C17H15F4N3O3/c1-27-15(26)16(17(19,20)21,24-23-13-8-3-2-4-9-13)22-14(25)11-6-5-7-12(18)10-11/h2-10,23-24H,1H3,(H,22,25)/t16-/m1/s1. The number of rotatable bonds is 6. The van der Waals surface area contributed by atoms with Gasteiger partial charge >= 0.3 is 17.8 Å². The van der Waals surface area contributed by atoms with E-state index in [1.807, 2.05) is 0 Å². The van der Waals surface area contributed by atoms with E-state index in [1.165, 1.54) is 12.1 Å². The van der Waals surface area contributed by atoms with Gasteiger partial charge in [-0.3, -0.25) is 4.79 Å². The number of benzene rings is 2. The Hall–Kier alpha value is -3.14. The molecule has 0 radical (unpaired) electrons. The van der Waals surface area contributed by atoms with Crippen LogP contribution in [0.1, 0.15) is 10.4 Å². The van der Waals surface area contributed by atoms with Crippen molar-refractivity contribution in [3.63, 3.8) is 0 Å². The molecule has 6 nitrogen and oxygen atoms in total. The number of ether oxygens (including phenoxy) is 1. The van der Waals surface area contributed by atoms with Crippen molar-refractivity contribution in [3.8, 4) is 0 Å². The molecule has 2 rings (SSSR count). The van der Waals surface area contributed by atoms with Crippen LogP contribution >= 0.6 is 0 Å². The molecule has 0 aliphatic rings. The zero-order chi connectivity index (χ0) is 20.1. The van der Waals surface area contributed by atoms with Crippen molar-refractivity contribution >= 4 is 17.6 Å². The molecule has 0 heterocycles. The van der Waals surface area contributed by atoms with Crippen molar-refractivity contribution in [1.29, 1.82) is 0 Å². The van der Waals surface area contributed by atoms with Gasteiger partial charge in [0.05, 0.1) is 7.11 Å². The normalized spacial score (nSPS) is 13.4. The molecule has 0 saturated carbocycles. The third-order valence-electron chi connectivity index (χ3n) is 3.47. The van der Waals surface area contributed by atoms with Crippen molar-refractivity contribution in [1.82, 2.24) is 10.7 Å². The van der Waals surface area contributed by atoms with Crippen LogP contribution in [0.5, 0.6) is 0 Å². The minimum Gasteiger partial charge on any atom is -0.466 e. The molecule has 0 bridgehead atoms. The van der Waals surface area contributed by atoms with E-state index >= 15 is 0 Å². The maximum atomic E-state index is 13.8. The Kier molecular flexibility index (Phi) is 6.01. The average Bonchev–Trinajstić information content (AvgIpc) is 2.64. The highest BCUT2D eigenvalue weighted by Crippen LogP contribution is 2.30. The molecule has 0 aromatic heterocycles. The number of esters is 1. The minimum absolute atomic E-state index is 0.190. The molecule has 27 heavy (non-hydrogen) atoms. The van der Waals surface area contributed by atoms with Gasteiger partial charge in [0.2, 0.25) is 0 Å². The molecule has 3 N–H and O–H groups in total. The molecule has 0 aliphatic carbocycles.